The van der Waals surface area contributed by atoms with Crippen molar-refractivity contribution in [1.29, 1.82) is 0 Å². The van der Waals surface area contributed by atoms with Gasteiger partial charge in [-0.05, 0) is 33.1 Å². The number of hydrogen-bond donors (Lipinski definition) is 3. The lowest BCUT2D eigenvalue weighted by atomic mass is 10.1. The van der Waals surface area contributed by atoms with E-state index < -0.39 is 0 Å². The Kier molecular flexibility index (Phi) is 8.39. The Morgan fingerprint density at radius 1 is 1.05 bits per heavy atom. The predicted octanol–water partition coefficient (Wildman–Crippen LogP) is 1.04. The van der Waals surface area contributed by atoms with Gasteiger partial charge in [0.25, 0.3) is 0 Å². The summed E-state index contributed by atoms with van der Waals surface area (Å²) in [7, 11) is 0. The molecule has 0 aromatic rings. The number of amides is 2. The zero-order valence-corrected chi connectivity index (χ0v) is 12.9. The van der Waals surface area contributed by atoms with Crippen LogP contribution in [0.3, 0.4) is 0 Å². The molecular formula is C14H29N3O2. The molecular weight excluding hydrogens is 242 g/mol. The van der Waals surface area contributed by atoms with Gasteiger partial charge in [0.1, 0.15) is 0 Å². The maximum Gasteiger partial charge on any atom is 0.233 e. The molecule has 0 radical (unpaired) electrons. The van der Waals surface area contributed by atoms with Crippen molar-refractivity contribution in [1.82, 2.24) is 16.0 Å². The van der Waals surface area contributed by atoms with Crippen LogP contribution in [0, 0.1) is 5.92 Å². The van der Waals surface area contributed by atoms with Crippen LogP contribution in [0.25, 0.3) is 0 Å². The Hall–Kier alpha value is -1.10. The molecule has 5 heteroatoms. The maximum absolute atomic E-state index is 11.5. The van der Waals surface area contributed by atoms with Crippen molar-refractivity contribution in [3.63, 3.8) is 0 Å². The second-order valence-corrected chi connectivity index (χ2v) is 6.26. The molecule has 5 nitrogen and oxygen atoms in total. The van der Waals surface area contributed by atoms with Gasteiger partial charge < -0.3 is 16.0 Å². The summed E-state index contributed by atoms with van der Waals surface area (Å²) in [5, 5.41) is 8.68. The molecule has 3 N–H and O–H groups in total. The zero-order chi connectivity index (χ0) is 14.9. The van der Waals surface area contributed by atoms with Crippen LogP contribution in [0.2, 0.25) is 0 Å². The first-order valence-corrected chi connectivity index (χ1v) is 6.99. The summed E-state index contributed by atoms with van der Waals surface area (Å²) < 4.78 is 0. The lowest BCUT2D eigenvalue weighted by molar-refractivity contribution is -0.123. The van der Waals surface area contributed by atoms with Gasteiger partial charge in [-0.15, -0.1) is 0 Å². The fourth-order valence-electron chi connectivity index (χ4n) is 1.45. The largest absolute Gasteiger partial charge is 0.355 e. The van der Waals surface area contributed by atoms with Crippen molar-refractivity contribution in [3.05, 3.63) is 0 Å². The lowest BCUT2D eigenvalue weighted by Gasteiger charge is -2.20. The molecule has 0 saturated carbocycles. The van der Waals surface area contributed by atoms with Crippen LogP contribution in [0.15, 0.2) is 0 Å². The van der Waals surface area contributed by atoms with Gasteiger partial charge in [-0.2, -0.15) is 0 Å². The van der Waals surface area contributed by atoms with Crippen molar-refractivity contribution in [2.75, 3.05) is 19.6 Å². The molecule has 0 bridgehead atoms. The summed E-state index contributed by atoms with van der Waals surface area (Å²) in [5.41, 5.74) is -0.203. The van der Waals surface area contributed by atoms with Gasteiger partial charge >= 0.3 is 0 Å². The van der Waals surface area contributed by atoms with Gasteiger partial charge in [0.2, 0.25) is 11.8 Å². The Morgan fingerprint density at radius 3 is 2.21 bits per heavy atom. The van der Waals surface area contributed by atoms with Gasteiger partial charge in [0, 0.05) is 25.0 Å². The van der Waals surface area contributed by atoms with Crippen molar-refractivity contribution in [3.8, 4) is 0 Å². The molecule has 0 fully saturated rings. The van der Waals surface area contributed by atoms with Gasteiger partial charge in [-0.1, -0.05) is 13.8 Å². The normalized spacial score (nSPS) is 11.5. The fraction of sp³-hybridized carbons (Fsp3) is 0.857. The second-order valence-electron chi connectivity index (χ2n) is 6.26. The summed E-state index contributed by atoms with van der Waals surface area (Å²) >= 11 is 0. The molecule has 0 spiro atoms. The fourth-order valence-corrected chi connectivity index (χ4v) is 1.45. The highest BCUT2D eigenvalue weighted by molar-refractivity contribution is 5.78. The molecule has 2 amide bonds. The first kappa shape index (κ1) is 17.9. The van der Waals surface area contributed by atoms with Crippen LogP contribution in [0.5, 0.6) is 0 Å². The molecule has 0 rings (SSSR count). The van der Waals surface area contributed by atoms with E-state index in [1.54, 1.807) is 0 Å². The number of carbonyl (C=O) groups is 2. The van der Waals surface area contributed by atoms with Crippen molar-refractivity contribution < 1.29 is 9.59 Å². The summed E-state index contributed by atoms with van der Waals surface area (Å²) in [4.78, 5) is 22.9. The highest BCUT2D eigenvalue weighted by Gasteiger charge is 2.12. The predicted molar refractivity (Wildman–Crippen MR) is 77.8 cm³/mol. The van der Waals surface area contributed by atoms with E-state index in [0.29, 0.717) is 25.4 Å². The van der Waals surface area contributed by atoms with Crippen LogP contribution in [0.1, 0.15) is 47.5 Å². The summed E-state index contributed by atoms with van der Waals surface area (Å²) in [6.07, 6.45) is 1.37. The molecule has 0 aliphatic carbocycles. The van der Waals surface area contributed by atoms with Crippen LogP contribution in [-0.2, 0) is 9.59 Å². The molecule has 0 aliphatic rings. The quantitative estimate of drug-likeness (QED) is 0.578. The molecule has 112 valence electrons. The molecule has 0 saturated heterocycles. The minimum atomic E-state index is -0.203. The minimum absolute atomic E-state index is 0.000200. The molecule has 0 aromatic carbocycles. The third-order valence-corrected chi connectivity index (χ3v) is 2.37. The SMILES string of the molecule is CC(C)CCNC(=O)CNCCC(=O)NC(C)(C)C. The van der Waals surface area contributed by atoms with E-state index in [9.17, 15) is 9.59 Å². The molecule has 0 unspecified atom stereocenters. The van der Waals surface area contributed by atoms with Gasteiger partial charge in [-0.25, -0.2) is 0 Å². The molecule has 0 heterocycles. The first-order chi connectivity index (χ1) is 8.70. The van der Waals surface area contributed by atoms with Crippen molar-refractivity contribution in [2.24, 2.45) is 5.92 Å². The number of carbonyl (C=O) groups excluding carboxylic acids is 2. The van der Waals surface area contributed by atoms with E-state index >= 15 is 0 Å². The average Bonchev–Trinajstić information content (AvgIpc) is 2.21. The highest BCUT2D eigenvalue weighted by Crippen LogP contribution is 1.98. The molecule has 19 heavy (non-hydrogen) atoms. The lowest BCUT2D eigenvalue weighted by Crippen LogP contribution is -2.42. The van der Waals surface area contributed by atoms with E-state index in [-0.39, 0.29) is 23.9 Å². The van der Waals surface area contributed by atoms with Gasteiger partial charge in [-0.3, -0.25) is 9.59 Å². The number of hydrogen-bond acceptors (Lipinski definition) is 3. The topological polar surface area (TPSA) is 70.2 Å². The Balaban J connectivity index is 3.53. The molecule has 0 aliphatic heterocycles. The standard InChI is InChI=1S/C14H29N3O2/c1-11(2)6-9-16-13(19)10-15-8-7-12(18)17-14(3,4)5/h11,15H,6-10H2,1-5H3,(H,16,19)(H,17,18). The molecule has 0 aromatic heterocycles. The molecule has 0 atom stereocenters. The van der Waals surface area contributed by atoms with E-state index in [1.807, 2.05) is 20.8 Å². The van der Waals surface area contributed by atoms with Crippen LogP contribution >= 0.6 is 0 Å². The van der Waals surface area contributed by atoms with Gasteiger partial charge in [0.15, 0.2) is 0 Å². The monoisotopic (exact) mass is 271 g/mol. The van der Waals surface area contributed by atoms with E-state index in [2.05, 4.69) is 29.8 Å². The third-order valence-electron chi connectivity index (χ3n) is 2.37. The summed E-state index contributed by atoms with van der Waals surface area (Å²) in [5.74, 6) is 0.575. The zero-order valence-electron chi connectivity index (χ0n) is 12.9. The summed E-state index contributed by atoms with van der Waals surface area (Å²) in [6.45, 7) is 11.6. The summed E-state index contributed by atoms with van der Waals surface area (Å²) in [6, 6.07) is 0. The third kappa shape index (κ3) is 13.1. The smallest absolute Gasteiger partial charge is 0.233 e. The van der Waals surface area contributed by atoms with Crippen LogP contribution in [0.4, 0.5) is 0 Å². The van der Waals surface area contributed by atoms with Gasteiger partial charge in [0.05, 0.1) is 6.54 Å². The second kappa shape index (κ2) is 8.91. The Morgan fingerprint density at radius 2 is 1.68 bits per heavy atom. The van der Waals surface area contributed by atoms with Crippen LogP contribution in [-0.4, -0.2) is 37.0 Å². The van der Waals surface area contributed by atoms with Crippen molar-refractivity contribution in [2.45, 2.75) is 53.0 Å². The van der Waals surface area contributed by atoms with E-state index in [4.69, 9.17) is 0 Å². The van der Waals surface area contributed by atoms with E-state index in [1.165, 1.54) is 0 Å². The first-order valence-electron chi connectivity index (χ1n) is 6.99. The highest BCUT2D eigenvalue weighted by atomic mass is 16.2. The minimum Gasteiger partial charge on any atom is -0.355 e. The van der Waals surface area contributed by atoms with Crippen LogP contribution < -0.4 is 16.0 Å². The van der Waals surface area contributed by atoms with E-state index in [0.717, 1.165) is 6.42 Å². The Bertz CT molecular complexity index is 283. The average molecular weight is 271 g/mol. The number of nitrogens with one attached hydrogen (secondary N) is 3. The Labute approximate surface area is 116 Å². The maximum atomic E-state index is 11.5. The van der Waals surface area contributed by atoms with Crippen molar-refractivity contribution >= 4 is 11.8 Å². The number of rotatable bonds is 8.